The predicted octanol–water partition coefficient (Wildman–Crippen LogP) is 5.02. The molecule has 1 amide bonds. The molecule has 1 aromatic carbocycles. The van der Waals surface area contributed by atoms with Crippen LogP contribution < -0.4 is 4.74 Å². The molecule has 0 aliphatic carbocycles. The molecule has 0 radical (unpaired) electrons. The molecule has 33 heavy (non-hydrogen) atoms. The molecule has 2 aliphatic heterocycles. The van der Waals surface area contributed by atoms with Gasteiger partial charge in [0.15, 0.2) is 16.6 Å². The van der Waals surface area contributed by atoms with Gasteiger partial charge in [-0.3, -0.25) is 10.2 Å². The molecule has 166 valence electrons. The van der Waals surface area contributed by atoms with Crippen molar-refractivity contribution in [3.63, 3.8) is 0 Å². The summed E-state index contributed by atoms with van der Waals surface area (Å²) in [6, 6.07) is 10.9. The summed E-state index contributed by atoms with van der Waals surface area (Å²) in [6.07, 6.45) is 3.22. The molecule has 1 N–H and O–H groups in total. The van der Waals surface area contributed by atoms with Crippen molar-refractivity contribution in [1.82, 2.24) is 9.58 Å². The van der Waals surface area contributed by atoms with Crippen molar-refractivity contribution < 1.29 is 13.9 Å². The molecule has 0 saturated heterocycles. The van der Waals surface area contributed by atoms with Crippen molar-refractivity contribution in [3.8, 4) is 11.4 Å². The lowest BCUT2D eigenvalue weighted by molar-refractivity contribution is -0.114. The summed E-state index contributed by atoms with van der Waals surface area (Å²) in [5.74, 6) is 0.705. The van der Waals surface area contributed by atoms with E-state index in [1.54, 1.807) is 37.6 Å². The van der Waals surface area contributed by atoms with Gasteiger partial charge in [0.25, 0.3) is 5.91 Å². The number of carbonyl (C=O) groups excluding carboxylic acids is 1. The Morgan fingerprint density at radius 3 is 2.79 bits per heavy atom. The van der Waals surface area contributed by atoms with Crippen LogP contribution in [-0.2, 0) is 4.79 Å². The number of hydrogen-bond donors (Lipinski definition) is 1. The first kappa shape index (κ1) is 21.3. The number of amides is 1. The largest absolute Gasteiger partial charge is 0.495 e. The number of hydrogen-bond acceptors (Lipinski definition) is 6. The number of hydrazone groups is 1. The Morgan fingerprint density at radius 1 is 1.24 bits per heavy atom. The molecule has 0 saturated carbocycles. The number of thioether (sulfide) groups is 1. The number of aromatic nitrogens is 1. The van der Waals surface area contributed by atoms with Gasteiger partial charge in [-0.05, 0) is 73.6 Å². The van der Waals surface area contributed by atoms with Crippen molar-refractivity contribution in [2.24, 2.45) is 10.1 Å². The minimum Gasteiger partial charge on any atom is -0.495 e. The fraction of sp³-hybridized carbons (Fsp3) is 0.130. The number of aryl methyl sites for hydroxylation is 1. The van der Waals surface area contributed by atoms with E-state index in [2.05, 4.69) is 10.1 Å². The summed E-state index contributed by atoms with van der Waals surface area (Å²) in [6.45, 7) is 3.89. The van der Waals surface area contributed by atoms with E-state index in [1.165, 1.54) is 16.8 Å². The Balaban J connectivity index is 1.55. The van der Waals surface area contributed by atoms with Gasteiger partial charge in [-0.2, -0.15) is 15.1 Å². The Labute approximate surface area is 198 Å². The number of nitrogens with one attached hydrogen (secondary N) is 1. The average Bonchev–Trinajstić information content (AvgIpc) is 3.51. The molecular weight excluding hydrogens is 462 g/mol. The highest BCUT2D eigenvalue weighted by Crippen LogP contribution is 2.34. The number of furan rings is 1. The summed E-state index contributed by atoms with van der Waals surface area (Å²) in [5, 5.41) is 15.9. The van der Waals surface area contributed by atoms with E-state index < -0.39 is 5.91 Å². The minimum atomic E-state index is -0.486. The number of fused-ring (bicyclic) bond motifs is 1. The normalized spacial score (nSPS) is 16.8. The number of carbonyl (C=O) groups is 1. The lowest BCUT2D eigenvalue weighted by Gasteiger charge is -2.20. The molecule has 8 nitrogen and oxygen atoms in total. The van der Waals surface area contributed by atoms with E-state index in [4.69, 9.17) is 26.2 Å². The van der Waals surface area contributed by atoms with E-state index in [1.807, 2.05) is 36.6 Å². The van der Waals surface area contributed by atoms with Gasteiger partial charge in [0.1, 0.15) is 5.75 Å². The monoisotopic (exact) mass is 479 g/mol. The number of methoxy groups -OCH3 is 1. The average molecular weight is 480 g/mol. The van der Waals surface area contributed by atoms with Crippen LogP contribution in [0, 0.1) is 19.3 Å². The molecule has 5 rings (SSSR count). The van der Waals surface area contributed by atoms with Crippen LogP contribution >= 0.6 is 23.4 Å². The Morgan fingerprint density at radius 2 is 2.06 bits per heavy atom. The van der Waals surface area contributed by atoms with Gasteiger partial charge in [-0.15, -0.1) is 0 Å². The fourth-order valence-electron chi connectivity index (χ4n) is 3.79. The summed E-state index contributed by atoms with van der Waals surface area (Å²) in [4.78, 5) is 17.0. The number of benzene rings is 1. The molecule has 0 unspecified atom stereocenters. The number of halogens is 1. The second kappa shape index (κ2) is 8.09. The highest BCUT2D eigenvalue weighted by atomic mass is 35.5. The second-order valence-electron chi connectivity index (χ2n) is 7.38. The highest BCUT2D eigenvalue weighted by Gasteiger charge is 2.37. The topological polar surface area (TPSA) is 96.2 Å². The van der Waals surface area contributed by atoms with Crippen LogP contribution in [-0.4, -0.2) is 38.6 Å². The maximum atomic E-state index is 12.8. The van der Waals surface area contributed by atoms with Crippen LogP contribution in [0.3, 0.4) is 0 Å². The first-order chi connectivity index (χ1) is 15.9. The van der Waals surface area contributed by atoms with Crippen LogP contribution in [0.5, 0.6) is 5.75 Å². The predicted molar refractivity (Wildman–Crippen MR) is 130 cm³/mol. The lowest BCUT2D eigenvalue weighted by atomic mass is 10.1. The number of rotatable bonds is 4. The first-order valence-corrected chi connectivity index (χ1v) is 11.1. The molecule has 10 heteroatoms. The van der Waals surface area contributed by atoms with Crippen LogP contribution in [0.4, 0.5) is 0 Å². The third-order valence-electron chi connectivity index (χ3n) is 5.34. The summed E-state index contributed by atoms with van der Waals surface area (Å²) in [7, 11) is 1.60. The van der Waals surface area contributed by atoms with Gasteiger partial charge in [-0.1, -0.05) is 11.6 Å². The molecular formula is C23H18ClN5O3S. The smallest absolute Gasteiger partial charge is 0.283 e. The maximum absolute atomic E-state index is 12.8. The lowest BCUT2D eigenvalue weighted by Crippen LogP contribution is -2.35. The Bertz CT molecular complexity index is 1400. The highest BCUT2D eigenvalue weighted by molar-refractivity contribution is 8.27. The van der Waals surface area contributed by atoms with Gasteiger partial charge in [-0.25, -0.2) is 0 Å². The third-order valence-corrected chi connectivity index (χ3v) is 6.50. The summed E-state index contributed by atoms with van der Waals surface area (Å²) >= 11 is 7.43. The molecule has 0 spiro atoms. The maximum Gasteiger partial charge on any atom is 0.283 e. The first-order valence-electron chi connectivity index (χ1n) is 9.94. The van der Waals surface area contributed by atoms with Crippen molar-refractivity contribution in [3.05, 3.63) is 76.0 Å². The zero-order valence-corrected chi connectivity index (χ0v) is 19.5. The minimum absolute atomic E-state index is 0.0378. The van der Waals surface area contributed by atoms with E-state index in [-0.39, 0.29) is 11.4 Å². The molecule has 0 fully saturated rings. The van der Waals surface area contributed by atoms with Gasteiger partial charge < -0.3 is 13.7 Å². The third kappa shape index (κ3) is 3.59. The van der Waals surface area contributed by atoms with E-state index >= 15 is 0 Å². The second-order valence-corrected chi connectivity index (χ2v) is 8.77. The standard InChI is InChI=1S/C23H18ClN5O3S/c1-12-9-14(13(2)28(12)17-11-15(24)6-7-18(17)31-3)10-16-20(25)29-23(26-21(16)30)33-22(27-29)19-5-4-8-32-19/h4-11,25H,1-3H3/b16-10-,25-20?. The summed E-state index contributed by atoms with van der Waals surface area (Å²) in [5.41, 5.74) is 3.52. The number of ether oxygens (including phenoxy) is 1. The van der Waals surface area contributed by atoms with Crippen molar-refractivity contribution in [2.45, 2.75) is 13.8 Å². The Hall–Kier alpha value is -3.56. The van der Waals surface area contributed by atoms with Gasteiger partial charge in [0.2, 0.25) is 5.17 Å². The van der Waals surface area contributed by atoms with Crippen LogP contribution in [0.15, 0.2) is 62.7 Å². The quantitative estimate of drug-likeness (QED) is 0.530. The van der Waals surface area contributed by atoms with Crippen molar-refractivity contribution >= 4 is 51.4 Å². The van der Waals surface area contributed by atoms with Gasteiger partial charge in [0, 0.05) is 16.4 Å². The van der Waals surface area contributed by atoms with Crippen molar-refractivity contribution in [2.75, 3.05) is 7.11 Å². The van der Waals surface area contributed by atoms with Crippen molar-refractivity contribution in [1.29, 1.82) is 5.41 Å². The SMILES string of the molecule is COc1ccc(Cl)cc1-n1c(C)cc(/C=C2/C(=N)N3N=C(c4ccco4)SC3=NC2=O)c1C. The van der Waals surface area contributed by atoms with Gasteiger partial charge >= 0.3 is 0 Å². The zero-order chi connectivity index (χ0) is 23.3. The molecule has 4 heterocycles. The molecule has 3 aromatic rings. The fourth-order valence-corrected chi connectivity index (χ4v) is 4.82. The van der Waals surface area contributed by atoms with E-state index in [9.17, 15) is 4.79 Å². The molecule has 2 aliphatic rings. The van der Waals surface area contributed by atoms with E-state index in [0.717, 1.165) is 22.6 Å². The van der Waals surface area contributed by atoms with Crippen LogP contribution in [0.2, 0.25) is 5.02 Å². The summed E-state index contributed by atoms with van der Waals surface area (Å²) < 4.78 is 12.9. The number of nitrogens with zero attached hydrogens (tertiary/aromatic N) is 4. The molecule has 2 aromatic heterocycles. The van der Waals surface area contributed by atoms with E-state index in [0.29, 0.717) is 26.7 Å². The number of aliphatic imine (C=N–C) groups is 1. The molecule has 0 atom stereocenters. The zero-order valence-electron chi connectivity index (χ0n) is 17.9. The Kier molecular flexibility index (Phi) is 5.22. The molecule has 0 bridgehead atoms. The van der Waals surface area contributed by atoms with Crippen LogP contribution in [0.1, 0.15) is 22.7 Å². The van der Waals surface area contributed by atoms with Gasteiger partial charge in [0.05, 0.1) is 24.6 Å². The number of amidine groups is 2. The van der Waals surface area contributed by atoms with Crippen LogP contribution in [0.25, 0.3) is 11.8 Å².